The van der Waals surface area contributed by atoms with Crippen LogP contribution in [0.15, 0.2) is 42.7 Å². The number of aromatic nitrogens is 2. The third kappa shape index (κ3) is 4.56. The molecule has 0 radical (unpaired) electrons. The van der Waals surface area contributed by atoms with Crippen molar-refractivity contribution >= 4 is 11.7 Å². The van der Waals surface area contributed by atoms with Crippen molar-refractivity contribution in [3.63, 3.8) is 0 Å². The van der Waals surface area contributed by atoms with Gasteiger partial charge in [0.15, 0.2) is 0 Å². The van der Waals surface area contributed by atoms with E-state index in [1.54, 1.807) is 30.6 Å². The summed E-state index contributed by atoms with van der Waals surface area (Å²) < 4.78 is 5.31. The molecule has 2 aromatic rings. The number of anilines is 1. The lowest BCUT2D eigenvalue weighted by atomic mass is 9.99. The van der Waals surface area contributed by atoms with Crippen LogP contribution in [0.4, 0.5) is 5.82 Å². The average molecular weight is 285 g/mol. The van der Waals surface area contributed by atoms with Gasteiger partial charge in [0.05, 0.1) is 6.61 Å². The van der Waals surface area contributed by atoms with Crippen LogP contribution in [0.3, 0.4) is 0 Å². The van der Waals surface area contributed by atoms with Gasteiger partial charge in [0.1, 0.15) is 5.82 Å². The van der Waals surface area contributed by atoms with Gasteiger partial charge in [-0.05, 0) is 36.6 Å². The fourth-order valence-electron chi connectivity index (χ4n) is 1.99. The summed E-state index contributed by atoms with van der Waals surface area (Å²) in [5.41, 5.74) is 1.09. The van der Waals surface area contributed by atoms with E-state index in [4.69, 9.17) is 4.74 Å². The molecule has 5 heteroatoms. The lowest BCUT2D eigenvalue weighted by Crippen LogP contribution is -2.15. The van der Waals surface area contributed by atoms with Gasteiger partial charge >= 0.3 is 0 Å². The second-order valence-electron chi connectivity index (χ2n) is 4.73. The Morgan fingerprint density at radius 3 is 2.76 bits per heavy atom. The molecule has 21 heavy (non-hydrogen) atoms. The Hall–Kier alpha value is -2.43. The van der Waals surface area contributed by atoms with E-state index < -0.39 is 0 Å². The highest BCUT2D eigenvalue weighted by Gasteiger charge is 2.12. The molecule has 0 saturated heterocycles. The molecule has 2 heterocycles. The summed E-state index contributed by atoms with van der Waals surface area (Å²) in [6.07, 6.45) is 3.86. The van der Waals surface area contributed by atoms with E-state index in [0.29, 0.717) is 24.7 Å². The highest BCUT2D eigenvalue weighted by Crippen LogP contribution is 2.19. The van der Waals surface area contributed by atoms with Crippen molar-refractivity contribution < 1.29 is 9.53 Å². The van der Waals surface area contributed by atoms with Gasteiger partial charge < -0.3 is 10.1 Å². The van der Waals surface area contributed by atoms with Crippen LogP contribution in [0.5, 0.6) is 5.88 Å². The Kier molecular flexibility index (Phi) is 5.26. The van der Waals surface area contributed by atoms with Crippen LogP contribution < -0.4 is 10.1 Å². The summed E-state index contributed by atoms with van der Waals surface area (Å²) >= 11 is 0. The van der Waals surface area contributed by atoms with Gasteiger partial charge in [-0.3, -0.25) is 9.78 Å². The Labute approximate surface area is 124 Å². The molecule has 5 nitrogen and oxygen atoms in total. The average Bonchev–Trinajstić information content (AvgIpc) is 2.48. The number of amides is 1. The van der Waals surface area contributed by atoms with Crippen LogP contribution in [-0.4, -0.2) is 22.5 Å². The predicted octanol–water partition coefficient (Wildman–Crippen LogP) is 3.01. The standard InChI is InChI=1S/C16H19N3O2/c1-3-21-16-6-4-5-14(19-16)18-15(20)11-12(2)13-7-9-17-10-8-13/h4-10,12H,3,11H2,1-2H3,(H,18,19,20). The second kappa shape index (κ2) is 7.38. The highest BCUT2D eigenvalue weighted by molar-refractivity contribution is 5.90. The molecule has 110 valence electrons. The van der Waals surface area contributed by atoms with Crippen LogP contribution in [0, 0.1) is 0 Å². The molecule has 0 spiro atoms. The quantitative estimate of drug-likeness (QED) is 0.886. The molecule has 0 fully saturated rings. The number of carbonyl (C=O) groups is 1. The molecule has 1 unspecified atom stereocenters. The van der Waals surface area contributed by atoms with E-state index in [0.717, 1.165) is 5.56 Å². The number of pyridine rings is 2. The molecule has 0 saturated carbocycles. The van der Waals surface area contributed by atoms with E-state index in [1.165, 1.54) is 0 Å². The van der Waals surface area contributed by atoms with E-state index in [2.05, 4.69) is 15.3 Å². The molecule has 1 amide bonds. The minimum atomic E-state index is -0.0690. The minimum absolute atomic E-state index is 0.0690. The van der Waals surface area contributed by atoms with Crippen molar-refractivity contribution in [3.05, 3.63) is 48.3 Å². The normalized spacial score (nSPS) is 11.7. The summed E-state index contributed by atoms with van der Waals surface area (Å²) in [6.45, 7) is 4.45. The molecular formula is C16H19N3O2. The first-order chi connectivity index (χ1) is 10.2. The number of hydrogen-bond acceptors (Lipinski definition) is 4. The molecule has 1 N–H and O–H groups in total. The third-order valence-electron chi connectivity index (χ3n) is 3.05. The first kappa shape index (κ1) is 15.0. The van der Waals surface area contributed by atoms with Crippen molar-refractivity contribution in [1.82, 2.24) is 9.97 Å². The summed E-state index contributed by atoms with van der Waals surface area (Å²) in [6, 6.07) is 9.16. The molecule has 0 bridgehead atoms. The fraction of sp³-hybridized carbons (Fsp3) is 0.312. The Morgan fingerprint density at radius 1 is 1.29 bits per heavy atom. The first-order valence-corrected chi connectivity index (χ1v) is 6.98. The molecule has 2 rings (SSSR count). The lowest BCUT2D eigenvalue weighted by Gasteiger charge is -2.12. The van der Waals surface area contributed by atoms with Crippen molar-refractivity contribution in [2.24, 2.45) is 0 Å². The molecular weight excluding hydrogens is 266 g/mol. The molecule has 0 aliphatic heterocycles. The van der Waals surface area contributed by atoms with E-state index >= 15 is 0 Å². The minimum Gasteiger partial charge on any atom is -0.478 e. The fourth-order valence-corrected chi connectivity index (χ4v) is 1.99. The van der Waals surface area contributed by atoms with Crippen molar-refractivity contribution in [2.45, 2.75) is 26.2 Å². The zero-order valence-electron chi connectivity index (χ0n) is 12.2. The Bertz CT molecular complexity index is 587. The largest absolute Gasteiger partial charge is 0.478 e. The molecule has 0 aliphatic carbocycles. The van der Waals surface area contributed by atoms with E-state index in [1.807, 2.05) is 26.0 Å². The van der Waals surface area contributed by atoms with Gasteiger partial charge in [0.2, 0.25) is 11.8 Å². The summed E-state index contributed by atoms with van der Waals surface area (Å²) in [4.78, 5) is 20.3. The number of rotatable bonds is 6. The van der Waals surface area contributed by atoms with Crippen molar-refractivity contribution in [1.29, 1.82) is 0 Å². The zero-order chi connectivity index (χ0) is 15.1. The predicted molar refractivity (Wildman–Crippen MR) is 81.3 cm³/mol. The first-order valence-electron chi connectivity index (χ1n) is 6.98. The topological polar surface area (TPSA) is 64.1 Å². The summed E-state index contributed by atoms with van der Waals surface area (Å²) in [5, 5.41) is 2.80. The molecule has 1 atom stereocenters. The van der Waals surface area contributed by atoms with Crippen LogP contribution in [-0.2, 0) is 4.79 Å². The lowest BCUT2D eigenvalue weighted by molar-refractivity contribution is -0.116. The Morgan fingerprint density at radius 2 is 2.05 bits per heavy atom. The van der Waals surface area contributed by atoms with Crippen molar-refractivity contribution in [2.75, 3.05) is 11.9 Å². The van der Waals surface area contributed by atoms with Crippen LogP contribution in [0.1, 0.15) is 31.7 Å². The number of hydrogen-bond donors (Lipinski definition) is 1. The van der Waals surface area contributed by atoms with Gasteiger partial charge in [0, 0.05) is 24.9 Å². The van der Waals surface area contributed by atoms with Gasteiger partial charge in [-0.2, -0.15) is 4.98 Å². The molecule has 0 aromatic carbocycles. The van der Waals surface area contributed by atoms with Gasteiger partial charge in [-0.15, -0.1) is 0 Å². The van der Waals surface area contributed by atoms with Crippen LogP contribution in [0.2, 0.25) is 0 Å². The van der Waals surface area contributed by atoms with Gasteiger partial charge in [0.25, 0.3) is 0 Å². The molecule has 2 aromatic heterocycles. The summed E-state index contributed by atoms with van der Waals surface area (Å²) in [7, 11) is 0. The maximum absolute atomic E-state index is 12.1. The maximum Gasteiger partial charge on any atom is 0.226 e. The highest BCUT2D eigenvalue weighted by atomic mass is 16.5. The van der Waals surface area contributed by atoms with Crippen LogP contribution in [0.25, 0.3) is 0 Å². The third-order valence-corrected chi connectivity index (χ3v) is 3.05. The van der Waals surface area contributed by atoms with Crippen LogP contribution >= 0.6 is 0 Å². The number of nitrogens with one attached hydrogen (secondary N) is 1. The summed E-state index contributed by atoms with van der Waals surface area (Å²) in [5.74, 6) is 1.08. The number of ether oxygens (including phenoxy) is 1. The van der Waals surface area contributed by atoms with Gasteiger partial charge in [-0.1, -0.05) is 13.0 Å². The monoisotopic (exact) mass is 285 g/mol. The number of nitrogens with zero attached hydrogens (tertiary/aromatic N) is 2. The number of carbonyl (C=O) groups excluding carboxylic acids is 1. The SMILES string of the molecule is CCOc1cccc(NC(=O)CC(C)c2ccncc2)n1. The van der Waals surface area contributed by atoms with Gasteiger partial charge in [-0.25, -0.2) is 0 Å². The van der Waals surface area contributed by atoms with E-state index in [-0.39, 0.29) is 11.8 Å². The van der Waals surface area contributed by atoms with Crippen molar-refractivity contribution in [3.8, 4) is 5.88 Å². The Balaban J connectivity index is 1.94. The van der Waals surface area contributed by atoms with E-state index in [9.17, 15) is 4.79 Å². The smallest absolute Gasteiger partial charge is 0.226 e. The zero-order valence-corrected chi connectivity index (χ0v) is 12.2. The molecule has 0 aliphatic rings. The maximum atomic E-state index is 12.1. The second-order valence-corrected chi connectivity index (χ2v) is 4.73.